The van der Waals surface area contributed by atoms with Crippen molar-refractivity contribution in [2.75, 3.05) is 36.8 Å². The molecule has 2 amide bonds. The second-order valence-corrected chi connectivity index (χ2v) is 12.8. The van der Waals surface area contributed by atoms with Gasteiger partial charge in [0, 0.05) is 43.2 Å². The van der Waals surface area contributed by atoms with Crippen molar-refractivity contribution in [3.63, 3.8) is 0 Å². The molecule has 2 fully saturated rings. The van der Waals surface area contributed by atoms with Crippen LogP contribution < -0.4 is 27.0 Å². The molecule has 10 heteroatoms. The van der Waals surface area contributed by atoms with E-state index in [9.17, 15) is 14.7 Å². The van der Waals surface area contributed by atoms with Crippen molar-refractivity contribution in [3.05, 3.63) is 51.9 Å². The van der Waals surface area contributed by atoms with Crippen molar-refractivity contribution in [1.29, 1.82) is 0 Å². The Bertz CT molecular complexity index is 1380. The number of nitrogens with one attached hydrogen (secondary N) is 2. The van der Waals surface area contributed by atoms with E-state index in [4.69, 9.17) is 16.5 Å². The van der Waals surface area contributed by atoms with Crippen LogP contribution in [0.25, 0.3) is 10.2 Å². The number of aliphatic hydroxyl groups is 1. The van der Waals surface area contributed by atoms with E-state index in [1.807, 2.05) is 12.1 Å². The number of aliphatic hydroxyl groups excluding tert-OH is 1. The molecular formula is C32H44N6O3S. The van der Waals surface area contributed by atoms with Gasteiger partial charge in [-0.1, -0.05) is 44.7 Å². The number of rotatable bonds is 11. The van der Waals surface area contributed by atoms with Gasteiger partial charge in [-0.2, -0.15) is 0 Å². The number of anilines is 2. The fraction of sp³-hybridized carbons (Fsp3) is 0.531. The first-order chi connectivity index (χ1) is 20.3. The third kappa shape index (κ3) is 7.04. The number of aryl methyl sites for hydroxylation is 1. The average Bonchev–Trinajstić information content (AvgIpc) is 3.36. The summed E-state index contributed by atoms with van der Waals surface area (Å²) in [6.07, 6.45) is 9.26. The highest BCUT2D eigenvalue weighted by atomic mass is 32.1. The Morgan fingerprint density at radius 2 is 1.83 bits per heavy atom. The molecule has 2 aromatic heterocycles. The van der Waals surface area contributed by atoms with Gasteiger partial charge in [0.15, 0.2) is 0 Å². The minimum atomic E-state index is -0.646. The van der Waals surface area contributed by atoms with Gasteiger partial charge in [-0.05, 0) is 67.3 Å². The molecular weight excluding hydrogens is 548 g/mol. The molecule has 1 aromatic carbocycles. The molecule has 5 rings (SSSR count). The Kier molecular flexibility index (Phi) is 9.97. The Labute approximate surface area is 252 Å². The number of aromatic nitrogens is 1. The number of hydrogen-bond donors (Lipinski definition) is 5. The first-order valence-electron chi connectivity index (χ1n) is 15.4. The molecule has 1 aliphatic carbocycles. The number of hydrogen-bond acceptors (Lipinski definition) is 8. The van der Waals surface area contributed by atoms with Crippen LogP contribution in [0.3, 0.4) is 0 Å². The lowest BCUT2D eigenvalue weighted by molar-refractivity contribution is 0.0942. The minimum Gasteiger partial charge on any atom is -0.397 e. The molecule has 3 heterocycles. The summed E-state index contributed by atoms with van der Waals surface area (Å²) in [5.74, 6) is 0.944. The Hall–Kier alpha value is -3.21. The Morgan fingerprint density at radius 1 is 1.12 bits per heavy atom. The van der Waals surface area contributed by atoms with Crippen LogP contribution in [0.15, 0.2) is 30.3 Å². The molecule has 1 saturated heterocycles. The number of amides is 2. The van der Waals surface area contributed by atoms with Gasteiger partial charge < -0.3 is 32.1 Å². The van der Waals surface area contributed by atoms with Crippen molar-refractivity contribution in [2.24, 2.45) is 11.7 Å². The summed E-state index contributed by atoms with van der Waals surface area (Å²) in [4.78, 5) is 32.7. The standard InChI is InChI=1S/C32H44N6O3S/c1-2-6-23-17-26(37-32-27(23)28(33)29(42-32)30(34)40)38-15-13-24(14-16-38)35-19-25(39)21-9-11-22(12-10-21)31(41)36-18-20-7-4-3-5-8-20/h9-12,17,20,24-25,35,39H,2-8,13-16,18-19,33H2,1H3,(H2,34,40)(H,36,41). The van der Waals surface area contributed by atoms with E-state index in [1.165, 1.54) is 43.4 Å². The smallest absolute Gasteiger partial charge is 0.260 e. The predicted octanol–water partition coefficient (Wildman–Crippen LogP) is 4.53. The van der Waals surface area contributed by atoms with Crippen LogP contribution in [-0.4, -0.2) is 54.1 Å². The highest BCUT2D eigenvalue weighted by molar-refractivity contribution is 7.21. The summed E-state index contributed by atoms with van der Waals surface area (Å²) in [5, 5.41) is 18.3. The number of primary amides is 1. The van der Waals surface area contributed by atoms with E-state index in [2.05, 4.69) is 28.5 Å². The third-order valence-electron chi connectivity index (χ3n) is 8.76. The first kappa shape index (κ1) is 30.3. The molecule has 1 atom stereocenters. The summed E-state index contributed by atoms with van der Waals surface area (Å²) >= 11 is 1.27. The zero-order valence-corrected chi connectivity index (χ0v) is 25.3. The molecule has 226 valence electrons. The Balaban J connectivity index is 1.12. The summed E-state index contributed by atoms with van der Waals surface area (Å²) in [5.41, 5.74) is 14.8. The number of benzene rings is 1. The van der Waals surface area contributed by atoms with Crippen LogP contribution in [0.4, 0.5) is 11.5 Å². The monoisotopic (exact) mass is 592 g/mol. The quantitative estimate of drug-likeness (QED) is 0.220. The van der Waals surface area contributed by atoms with Crippen LogP contribution in [0.2, 0.25) is 0 Å². The van der Waals surface area contributed by atoms with E-state index in [-0.39, 0.29) is 5.91 Å². The van der Waals surface area contributed by atoms with Gasteiger partial charge in [-0.3, -0.25) is 9.59 Å². The van der Waals surface area contributed by atoms with E-state index in [0.29, 0.717) is 34.6 Å². The zero-order valence-electron chi connectivity index (χ0n) is 24.5. The lowest BCUT2D eigenvalue weighted by Gasteiger charge is -2.34. The largest absolute Gasteiger partial charge is 0.397 e. The normalized spacial score (nSPS) is 17.4. The molecule has 1 aliphatic heterocycles. The van der Waals surface area contributed by atoms with Crippen LogP contribution >= 0.6 is 11.3 Å². The number of carbonyl (C=O) groups is 2. The van der Waals surface area contributed by atoms with E-state index in [0.717, 1.165) is 72.5 Å². The summed E-state index contributed by atoms with van der Waals surface area (Å²) in [6.45, 7) is 5.00. The first-order valence-corrected chi connectivity index (χ1v) is 16.2. The van der Waals surface area contributed by atoms with Gasteiger partial charge in [0.2, 0.25) is 0 Å². The van der Waals surface area contributed by atoms with Crippen LogP contribution in [0.5, 0.6) is 0 Å². The summed E-state index contributed by atoms with van der Waals surface area (Å²) in [7, 11) is 0. The van der Waals surface area contributed by atoms with Crippen LogP contribution in [0.1, 0.15) is 95.6 Å². The molecule has 0 bridgehead atoms. The SMILES string of the molecule is CCCc1cc(N2CCC(NCC(O)c3ccc(C(=O)NCC4CCCCC4)cc3)CC2)nc2sc(C(N)=O)c(N)c12. The van der Waals surface area contributed by atoms with Gasteiger partial charge >= 0.3 is 0 Å². The molecule has 0 radical (unpaired) electrons. The number of nitrogen functional groups attached to an aromatic ring is 1. The molecule has 1 unspecified atom stereocenters. The topological polar surface area (TPSA) is 147 Å². The van der Waals surface area contributed by atoms with Gasteiger partial charge in [0.05, 0.1) is 11.8 Å². The molecule has 2 aliphatic rings. The lowest BCUT2D eigenvalue weighted by atomic mass is 9.89. The van der Waals surface area contributed by atoms with Crippen molar-refractivity contribution in [3.8, 4) is 0 Å². The molecule has 1 saturated carbocycles. The van der Waals surface area contributed by atoms with E-state index in [1.54, 1.807) is 12.1 Å². The maximum absolute atomic E-state index is 12.6. The van der Waals surface area contributed by atoms with Crippen LogP contribution in [0, 0.1) is 5.92 Å². The number of pyridine rings is 1. The fourth-order valence-corrected chi connectivity index (χ4v) is 7.28. The zero-order chi connectivity index (χ0) is 29.6. The van der Waals surface area contributed by atoms with Crippen LogP contribution in [-0.2, 0) is 6.42 Å². The minimum absolute atomic E-state index is 0.0437. The maximum atomic E-state index is 12.6. The summed E-state index contributed by atoms with van der Waals surface area (Å²) < 4.78 is 0. The fourth-order valence-electron chi connectivity index (χ4n) is 6.29. The number of piperidine rings is 1. The number of nitrogens with two attached hydrogens (primary N) is 2. The number of thiophene rings is 1. The predicted molar refractivity (Wildman–Crippen MR) is 170 cm³/mol. The van der Waals surface area contributed by atoms with Crippen molar-refractivity contribution in [2.45, 2.75) is 76.9 Å². The third-order valence-corrected chi connectivity index (χ3v) is 9.88. The number of carbonyl (C=O) groups excluding carboxylic acids is 2. The summed E-state index contributed by atoms with van der Waals surface area (Å²) in [6, 6.07) is 9.70. The molecule has 42 heavy (non-hydrogen) atoms. The number of fused-ring (bicyclic) bond motifs is 1. The van der Waals surface area contributed by atoms with Gasteiger partial charge in [-0.15, -0.1) is 11.3 Å². The van der Waals surface area contributed by atoms with E-state index >= 15 is 0 Å². The lowest BCUT2D eigenvalue weighted by Crippen LogP contribution is -2.44. The molecule has 9 nitrogen and oxygen atoms in total. The van der Waals surface area contributed by atoms with Crippen molar-refractivity contribution >= 4 is 44.9 Å². The van der Waals surface area contributed by atoms with Gasteiger partial charge in [0.1, 0.15) is 15.5 Å². The number of nitrogens with zero attached hydrogens (tertiary/aromatic N) is 2. The van der Waals surface area contributed by atoms with Crippen molar-refractivity contribution < 1.29 is 14.7 Å². The van der Waals surface area contributed by atoms with E-state index < -0.39 is 12.0 Å². The Morgan fingerprint density at radius 3 is 2.50 bits per heavy atom. The molecule has 3 aromatic rings. The van der Waals surface area contributed by atoms with Crippen molar-refractivity contribution in [1.82, 2.24) is 15.6 Å². The molecule has 7 N–H and O–H groups in total. The van der Waals surface area contributed by atoms with Gasteiger partial charge in [0.25, 0.3) is 11.8 Å². The highest BCUT2D eigenvalue weighted by Gasteiger charge is 2.24. The second kappa shape index (κ2) is 13.8. The second-order valence-electron chi connectivity index (χ2n) is 11.8. The maximum Gasteiger partial charge on any atom is 0.260 e. The highest BCUT2D eigenvalue weighted by Crippen LogP contribution is 2.37. The molecule has 0 spiro atoms. The average molecular weight is 593 g/mol. The van der Waals surface area contributed by atoms with Gasteiger partial charge in [-0.25, -0.2) is 4.98 Å².